The Morgan fingerprint density at radius 2 is 1.77 bits per heavy atom. The summed E-state index contributed by atoms with van der Waals surface area (Å²) >= 11 is 0. The Bertz CT molecular complexity index is 782. The second-order valence-electron chi connectivity index (χ2n) is 10.8. The highest BCUT2D eigenvalue weighted by atomic mass is 16.5. The van der Waals surface area contributed by atoms with Gasteiger partial charge in [0.1, 0.15) is 11.6 Å². The molecule has 2 aliphatic heterocycles. The molecule has 3 heterocycles. The molecule has 1 amide bonds. The molecule has 1 aromatic rings. The van der Waals surface area contributed by atoms with Gasteiger partial charge in [0, 0.05) is 63.9 Å². The zero-order valence-corrected chi connectivity index (χ0v) is 21.7. The van der Waals surface area contributed by atoms with Crippen molar-refractivity contribution in [3.63, 3.8) is 0 Å². The molecular formula is C28H46N4O3. The highest BCUT2D eigenvalue weighted by Crippen LogP contribution is 2.33. The van der Waals surface area contributed by atoms with Gasteiger partial charge in [-0.1, -0.05) is 19.3 Å². The van der Waals surface area contributed by atoms with Crippen LogP contribution in [0.1, 0.15) is 76.2 Å². The maximum Gasteiger partial charge on any atom is 0.220 e. The van der Waals surface area contributed by atoms with Gasteiger partial charge in [0.05, 0.1) is 6.61 Å². The molecule has 35 heavy (non-hydrogen) atoms. The number of carbonyl (C=O) groups is 1. The van der Waals surface area contributed by atoms with E-state index < -0.39 is 0 Å². The third kappa shape index (κ3) is 7.32. The molecule has 4 aliphatic rings. The molecule has 2 N–H and O–H groups in total. The van der Waals surface area contributed by atoms with Crippen molar-refractivity contribution in [3.8, 4) is 5.75 Å². The van der Waals surface area contributed by atoms with E-state index in [1.54, 1.807) is 0 Å². The Hall–Kier alpha value is -1.86. The smallest absolute Gasteiger partial charge is 0.220 e. The molecule has 5 rings (SSSR count). The molecule has 2 aliphatic carbocycles. The van der Waals surface area contributed by atoms with Crippen LogP contribution in [0.3, 0.4) is 0 Å². The predicted molar refractivity (Wildman–Crippen MR) is 140 cm³/mol. The number of aliphatic hydroxyl groups is 1. The zero-order chi connectivity index (χ0) is 24.5. The summed E-state index contributed by atoms with van der Waals surface area (Å²) in [6.45, 7) is 6.37. The summed E-state index contributed by atoms with van der Waals surface area (Å²) in [5.41, 5.74) is 1.30. The molecule has 7 heteroatoms. The van der Waals surface area contributed by atoms with Crippen molar-refractivity contribution >= 4 is 11.7 Å². The molecule has 0 spiro atoms. The number of pyridine rings is 1. The van der Waals surface area contributed by atoms with Crippen LogP contribution in [0.4, 0.5) is 5.82 Å². The van der Waals surface area contributed by atoms with Crippen LogP contribution in [0.25, 0.3) is 0 Å². The average Bonchev–Trinajstić information content (AvgIpc) is 3.40. The van der Waals surface area contributed by atoms with Gasteiger partial charge in [0.25, 0.3) is 0 Å². The lowest BCUT2D eigenvalue weighted by Gasteiger charge is -2.37. The highest BCUT2D eigenvalue weighted by molar-refractivity contribution is 5.76. The van der Waals surface area contributed by atoms with Crippen molar-refractivity contribution < 1.29 is 14.6 Å². The van der Waals surface area contributed by atoms with E-state index >= 15 is 0 Å². The van der Waals surface area contributed by atoms with E-state index in [1.807, 2.05) is 12.3 Å². The molecule has 1 aromatic heterocycles. The number of aliphatic hydroxyl groups excluding tert-OH is 1. The van der Waals surface area contributed by atoms with E-state index in [0.29, 0.717) is 17.9 Å². The number of hydrogen-bond donors (Lipinski definition) is 2. The molecule has 196 valence electrons. The Kier molecular flexibility index (Phi) is 10.1. The summed E-state index contributed by atoms with van der Waals surface area (Å²) in [4.78, 5) is 22.2. The van der Waals surface area contributed by atoms with Crippen LogP contribution in [0.5, 0.6) is 5.75 Å². The third-order valence-corrected chi connectivity index (χ3v) is 8.54. The van der Waals surface area contributed by atoms with Gasteiger partial charge in [0.15, 0.2) is 0 Å². The minimum Gasteiger partial charge on any atom is -0.493 e. The topological polar surface area (TPSA) is 77.9 Å². The molecule has 0 aromatic carbocycles. The number of nitrogens with zero attached hydrogens (tertiary/aromatic N) is 3. The van der Waals surface area contributed by atoms with E-state index in [-0.39, 0.29) is 0 Å². The van der Waals surface area contributed by atoms with E-state index in [2.05, 4.69) is 20.1 Å². The lowest BCUT2D eigenvalue weighted by molar-refractivity contribution is -0.123. The number of carbonyl (C=O) groups excluding carboxylic acids is 1. The second-order valence-corrected chi connectivity index (χ2v) is 10.8. The maximum absolute atomic E-state index is 12.5. The van der Waals surface area contributed by atoms with Crippen molar-refractivity contribution in [1.82, 2.24) is 15.2 Å². The number of rotatable bonds is 7. The van der Waals surface area contributed by atoms with Crippen molar-refractivity contribution in [1.29, 1.82) is 0 Å². The largest absolute Gasteiger partial charge is 0.493 e. The summed E-state index contributed by atoms with van der Waals surface area (Å²) in [7, 11) is 1.00. The standard InChI is InChI=1S/C27H42N4O2.CH4O/c32-26(20-22-4-2-1-3-5-22)29-23-8-6-21(7-9-23)11-14-30-15-17-31(18-16-30)27-24-12-19-33-25(24)10-13-28-27;1-2/h10,13,21-23H,1-9,11-12,14-20H2,(H,29,32);2H,1H3. The Balaban J connectivity index is 0.00000141. The fourth-order valence-corrected chi connectivity index (χ4v) is 6.45. The summed E-state index contributed by atoms with van der Waals surface area (Å²) < 4.78 is 5.72. The van der Waals surface area contributed by atoms with Gasteiger partial charge in [-0.05, 0) is 69.4 Å². The van der Waals surface area contributed by atoms with Crippen LogP contribution in [0.15, 0.2) is 12.3 Å². The quantitative estimate of drug-likeness (QED) is 0.611. The number of ether oxygens (including phenoxy) is 1. The first-order valence-electron chi connectivity index (χ1n) is 14.1. The van der Waals surface area contributed by atoms with Crippen molar-refractivity contribution in [2.75, 3.05) is 51.3 Å². The van der Waals surface area contributed by atoms with Crippen LogP contribution in [-0.4, -0.2) is 73.4 Å². The number of amides is 1. The first-order chi connectivity index (χ1) is 17.2. The van der Waals surface area contributed by atoms with Gasteiger partial charge in [-0.2, -0.15) is 0 Å². The number of nitrogens with one attached hydrogen (secondary N) is 1. The first-order valence-corrected chi connectivity index (χ1v) is 14.1. The molecule has 0 radical (unpaired) electrons. The average molecular weight is 487 g/mol. The summed E-state index contributed by atoms with van der Waals surface area (Å²) in [5, 5.41) is 10.4. The lowest BCUT2D eigenvalue weighted by Crippen LogP contribution is -2.47. The summed E-state index contributed by atoms with van der Waals surface area (Å²) in [5.74, 6) is 3.96. The van der Waals surface area contributed by atoms with E-state index in [4.69, 9.17) is 9.84 Å². The molecule has 0 unspecified atom stereocenters. The van der Waals surface area contributed by atoms with Gasteiger partial charge < -0.3 is 20.1 Å². The number of fused-ring (bicyclic) bond motifs is 1. The lowest BCUT2D eigenvalue weighted by atomic mass is 9.83. The molecule has 0 atom stereocenters. The Morgan fingerprint density at radius 3 is 2.51 bits per heavy atom. The van der Waals surface area contributed by atoms with Crippen LogP contribution in [0.2, 0.25) is 0 Å². The van der Waals surface area contributed by atoms with Gasteiger partial charge in [0.2, 0.25) is 5.91 Å². The molecule has 1 saturated heterocycles. The number of anilines is 1. The van der Waals surface area contributed by atoms with Crippen molar-refractivity contribution in [3.05, 3.63) is 17.8 Å². The zero-order valence-electron chi connectivity index (χ0n) is 21.7. The first kappa shape index (κ1) is 26.2. The minimum absolute atomic E-state index is 0.313. The number of aromatic nitrogens is 1. The van der Waals surface area contributed by atoms with Gasteiger partial charge >= 0.3 is 0 Å². The van der Waals surface area contributed by atoms with E-state index in [0.717, 1.165) is 70.2 Å². The SMILES string of the molecule is CO.O=C(CC1CCCCC1)NC1CCC(CCN2CCN(c3nccc4c3CCO4)CC2)CC1. The third-order valence-electron chi connectivity index (χ3n) is 8.54. The monoisotopic (exact) mass is 486 g/mol. The summed E-state index contributed by atoms with van der Waals surface area (Å²) in [6, 6.07) is 2.42. The van der Waals surface area contributed by atoms with Crippen molar-refractivity contribution in [2.45, 2.75) is 83.1 Å². The van der Waals surface area contributed by atoms with Gasteiger partial charge in [-0.25, -0.2) is 4.98 Å². The number of piperazine rings is 1. The van der Waals surface area contributed by atoms with E-state index in [1.165, 1.54) is 76.3 Å². The fourth-order valence-electron chi connectivity index (χ4n) is 6.45. The normalized spacial score (nSPS) is 25.3. The van der Waals surface area contributed by atoms with Crippen LogP contribution >= 0.6 is 0 Å². The second kappa shape index (κ2) is 13.4. The Labute approximate surface area is 211 Å². The van der Waals surface area contributed by atoms with Gasteiger partial charge in [-0.3, -0.25) is 9.69 Å². The number of hydrogen-bond acceptors (Lipinski definition) is 6. The molecule has 0 bridgehead atoms. The van der Waals surface area contributed by atoms with Crippen LogP contribution in [-0.2, 0) is 11.2 Å². The fraction of sp³-hybridized carbons (Fsp3) is 0.786. The van der Waals surface area contributed by atoms with Crippen LogP contribution < -0.4 is 15.0 Å². The molecule has 3 fully saturated rings. The predicted octanol–water partition coefficient (Wildman–Crippen LogP) is 3.78. The minimum atomic E-state index is 0.313. The molecule has 2 saturated carbocycles. The van der Waals surface area contributed by atoms with Crippen LogP contribution in [0, 0.1) is 11.8 Å². The Morgan fingerprint density at radius 1 is 1.03 bits per heavy atom. The summed E-state index contributed by atoms with van der Waals surface area (Å²) in [6.07, 6.45) is 16.3. The molecule has 7 nitrogen and oxygen atoms in total. The maximum atomic E-state index is 12.5. The highest BCUT2D eigenvalue weighted by Gasteiger charge is 2.27. The van der Waals surface area contributed by atoms with E-state index in [9.17, 15) is 4.79 Å². The van der Waals surface area contributed by atoms with Gasteiger partial charge in [-0.15, -0.1) is 0 Å². The van der Waals surface area contributed by atoms with Crippen molar-refractivity contribution in [2.24, 2.45) is 11.8 Å². The molecular weight excluding hydrogens is 440 g/mol.